The minimum Gasteiger partial charge on any atom is -0.464 e. The van der Waals surface area contributed by atoms with Crippen molar-refractivity contribution in [1.82, 2.24) is 10.1 Å². The van der Waals surface area contributed by atoms with Crippen LogP contribution in [0.5, 0.6) is 0 Å². The SMILES string of the molecule is CCOC(OCC)c1nc(-c2coc3ccccc23)no1. The summed E-state index contributed by atoms with van der Waals surface area (Å²) < 4.78 is 21.6. The Bertz CT molecular complexity index is 713. The van der Waals surface area contributed by atoms with Gasteiger partial charge in [-0.3, -0.25) is 0 Å². The molecule has 0 fully saturated rings. The molecule has 6 nitrogen and oxygen atoms in total. The molecule has 110 valence electrons. The predicted octanol–water partition coefficient (Wildman–Crippen LogP) is 3.55. The van der Waals surface area contributed by atoms with Gasteiger partial charge in [0.25, 0.3) is 5.89 Å². The largest absolute Gasteiger partial charge is 0.464 e. The molecule has 0 N–H and O–H groups in total. The van der Waals surface area contributed by atoms with E-state index in [0.29, 0.717) is 24.9 Å². The van der Waals surface area contributed by atoms with Crippen molar-refractivity contribution in [1.29, 1.82) is 0 Å². The molecule has 0 saturated carbocycles. The molecule has 0 saturated heterocycles. The van der Waals surface area contributed by atoms with Gasteiger partial charge in [0.05, 0.1) is 5.56 Å². The van der Waals surface area contributed by atoms with Crippen LogP contribution in [-0.2, 0) is 9.47 Å². The van der Waals surface area contributed by atoms with E-state index in [1.165, 1.54) is 0 Å². The molecule has 2 heterocycles. The smallest absolute Gasteiger partial charge is 0.283 e. The average Bonchev–Trinajstić information content (AvgIpc) is 3.13. The first-order chi connectivity index (χ1) is 10.3. The molecule has 1 aromatic carbocycles. The van der Waals surface area contributed by atoms with Gasteiger partial charge in [0, 0.05) is 18.6 Å². The number of furan rings is 1. The second-order valence-corrected chi connectivity index (χ2v) is 4.34. The minimum absolute atomic E-state index is 0.305. The fourth-order valence-electron chi connectivity index (χ4n) is 2.08. The van der Waals surface area contributed by atoms with E-state index in [2.05, 4.69) is 10.1 Å². The van der Waals surface area contributed by atoms with Crippen LogP contribution in [0.15, 0.2) is 39.5 Å². The van der Waals surface area contributed by atoms with Crippen LogP contribution in [0.25, 0.3) is 22.4 Å². The summed E-state index contributed by atoms with van der Waals surface area (Å²) in [5.41, 5.74) is 1.57. The summed E-state index contributed by atoms with van der Waals surface area (Å²) in [5.74, 6) is 0.762. The van der Waals surface area contributed by atoms with E-state index in [1.54, 1.807) is 6.26 Å². The van der Waals surface area contributed by atoms with Crippen LogP contribution in [-0.4, -0.2) is 23.4 Å². The molecule has 6 heteroatoms. The highest BCUT2D eigenvalue weighted by atomic mass is 16.7. The third kappa shape index (κ3) is 2.68. The van der Waals surface area contributed by atoms with Crippen molar-refractivity contribution in [2.24, 2.45) is 0 Å². The Labute approximate surface area is 121 Å². The summed E-state index contributed by atoms with van der Waals surface area (Å²) in [6.07, 6.45) is 0.981. The fourth-order valence-corrected chi connectivity index (χ4v) is 2.08. The van der Waals surface area contributed by atoms with Crippen molar-refractivity contribution >= 4 is 11.0 Å². The van der Waals surface area contributed by atoms with Crippen LogP contribution in [0.2, 0.25) is 0 Å². The lowest BCUT2D eigenvalue weighted by Crippen LogP contribution is -2.09. The van der Waals surface area contributed by atoms with E-state index < -0.39 is 6.29 Å². The lowest BCUT2D eigenvalue weighted by Gasteiger charge is -2.11. The first kappa shape index (κ1) is 13.8. The molecular weight excluding hydrogens is 272 g/mol. The molecule has 0 unspecified atom stereocenters. The van der Waals surface area contributed by atoms with Gasteiger partial charge < -0.3 is 18.4 Å². The molecule has 0 bridgehead atoms. The average molecular weight is 288 g/mol. The highest BCUT2D eigenvalue weighted by Gasteiger charge is 2.21. The summed E-state index contributed by atoms with van der Waals surface area (Å²) in [6.45, 7) is 4.76. The van der Waals surface area contributed by atoms with Crippen molar-refractivity contribution in [2.45, 2.75) is 20.1 Å². The van der Waals surface area contributed by atoms with Gasteiger partial charge in [-0.15, -0.1) is 0 Å². The zero-order chi connectivity index (χ0) is 14.7. The molecule has 0 aliphatic rings. The van der Waals surface area contributed by atoms with Gasteiger partial charge in [0.1, 0.15) is 11.8 Å². The van der Waals surface area contributed by atoms with Gasteiger partial charge in [-0.25, -0.2) is 0 Å². The van der Waals surface area contributed by atoms with E-state index in [0.717, 1.165) is 16.5 Å². The maximum Gasteiger partial charge on any atom is 0.283 e. The quantitative estimate of drug-likeness (QED) is 0.646. The number of benzene rings is 1. The Morgan fingerprint density at radius 3 is 2.67 bits per heavy atom. The van der Waals surface area contributed by atoms with Gasteiger partial charge in [-0.2, -0.15) is 4.98 Å². The summed E-state index contributed by atoms with van der Waals surface area (Å²) in [5, 5.41) is 4.93. The van der Waals surface area contributed by atoms with Gasteiger partial charge in [0.2, 0.25) is 12.1 Å². The van der Waals surface area contributed by atoms with E-state index in [4.69, 9.17) is 18.4 Å². The number of aromatic nitrogens is 2. The monoisotopic (exact) mass is 288 g/mol. The number of rotatable bonds is 6. The third-order valence-corrected chi connectivity index (χ3v) is 3.00. The Balaban J connectivity index is 1.94. The normalized spacial score (nSPS) is 11.6. The van der Waals surface area contributed by atoms with Crippen molar-refractivity contribution in [3.63, 3.8) is 0 Å². The first-order valence-corrected chi connectivity index (χ1v) is 6.87. The van der Waals surface area contributed by atoms with E-state index >= 15 is 0 Å². The van der Waals surface area contributed by atoms with Crippen LogP contribution < -0.4 is 0 Å². The van der Waals surface area contributed by atoms with Crippen LogP contribution in [0.4, 0.5) is 0 Å². The Hall–Kier alpha value is -2.18. The molecule has 0 atom stereocenters. The van der Waals surface area contributed by atoms with E-state index in [1.807, 2.05) is 38.1 Å². The highest BCUT2D eigenvalue weighted by Crippen LogP contribution is 2.29. The van der Waals surface area contributed by atoms with Crippen molar-refractivity contribution in [3.05, 3.63) is 36.4 Å². The van der Waals surface area contributed by atoms with Gasteiger partial charge in [0.15, 0.2) is 0 Å². The van der Waals surface area contributed by atoms with E-state index in [-0.39, 0.29) is 0 Å². The molecule has 0 spiro atoms. The zero-order valence-corrected chi connectivity index (χ0v) is 11.9. The number of nitrogens with zero attached hydrogens (tertiary/aromatic N) is 2. The fraction of sp³-hybridized carbons (Fsp3) is 0.333. The number of para-hydroxylation sites is 1. The molecule has 21 heavy (non-hydrogen) atoms. The molecule has 0 amide bonds. The Morgan fingerprint density at radius 2 is 1.90 bits per heavy atom. The Kier molecular flexibility index (Phi) is 3.98. The molecule has 2 aromatic heterocycles. The number of fused-ring (bicyclic) bond motifs is 1. The minimum atomic E-state index is -0.639. The summed E-state index contributed by atoms with van der Waals surface area (Å²) in [6, 6.07) is 7.69. The number of hydrogen-bond acceptors (Lipinski definition) is 6. The van der Waals surface area contributed by atoms with Gasteiger partial charge in [-0.05, 0) is 19.9 Å². The molecule has 0 radical (unpaired) electrons. The molecular formula is C15H16N2O4. The maximum atomic E-state index is 5.48. The lowest BCUT2D eigenvalue weighted by molar-refractivity contribution is -0.155. The third-order valence-electron chi connectivity index (χ3n) is 3.00. The lowest BCUT2D eigenvalue weighted by atomic mass is 10.2. The van der Waals surface area contributed by atoms with Crippen LogP contribution in [0.1, 0.15) is 26.0 Å². The summed E-state index contributed by atoms with van der Waals surface area (Å²) >= 11 is 0. The highest BCUT2D eigenvalue weighted by molar-refractivity contribution is 5.91. The van der Waals surface area contributed by atoms with Crippen LogP contribution in [0.3, 0.4) is 0 Å². The standard InChI is InChI=1S/C15H16N2O4/c1-3-18-15(19-4-2)14-16-13(17-21-14)11-9-20-12-8-6-5-7-10(11)12/h5-9,15H,3-4H2,1-2H3. The summed E-state index contributed by atoms with van der Waals surface area (Å²) in [4.78, 5) is 4.35. The number of ether oxygens (including phenoxy) is 2. The topological polar surface area (TPSA) is 70.5 Å². The first-order valence-electron chi connectivity index (χ1n) is 6.87. The van der Waals surface area contributed by atoms with Crippen molar-refractivity contribution < 1.29 is 18.4 Å². The van der Waals surface area contributed by atoms with Gasteiger partial charge in [-0.1, -0.05) is 23.4 Å². The number of hydrogen-bond donors (Lipinski definition) is 0. The molecule has 0 aliphatic heterocycles. The second-order valence-electron chi connectivity index (χ2n) is 4.34. The summed E-state index contributed by atoms with van der Waals surface area (Å²) in [7, 11) is 0. The Morgan fingerprint density at radius 1 is 1.14 bits per heavy atom. The molecule has 3 rings (SSSR count). The van der Waals surface area contributed by atoms with E-state index in [9.17, 15) is 0 Å². The maximum absolute atomic E-state index is 5.48. The molecule has 3 aromatic rings. The van der Waals surface area contributed by atoms with Gasteiger partial charge >= 0.3 is 0 Å². The van der Waals surface area contributed by atoms with Crippen LogP contribution >= 0.6 is 0 Å². The molecule has 0 aliphatic carbocycles. The van der Waals surface area contributed by atoms with Crippen molar-refractivity contribution in [2.75, 3.05) is 13.2 Å². The predicted molar refractivity (Wildman–Crippen MR) is 75.5 cm³/mol. The van der Waals surface area contributed by atoms with Crippen LogP contribution in [0, 0.1) is 0 Å². The van der Waals surface area contributed by atoms with Crippen molar-refractivity contribution in [3.8, 4) is 11.4 Å². The zero-order valence-electron chi connectivity index (χ0n) is 11.9. The second kappa shape index (κ2) is 6.07.